The molecule has 0 bridgehead atoms. The van der Waals surface area contributed by atoms with Gasteiger partial charge in [0.05, 0.1) is 10.6 Å². The van der Waals surface area contributed by atoms with Gasteiger partial charge in [0.1, 0.15) is 6.54 Å². The Kier molecular flexibility index (Phi) is 5.72. The third kappa shape index (κ3) is 4.44. The van der Waals surface area contributed by atoms with Crippen molar-refractivity contribution in [1.29, 1.82) is 0 Å². The van der Waals surface area contributed by atoms with Crippen molar-refractivity contribution in [2.24, 2.45) is 0 Å². The number of aryl methyl sites for hydroxylation is 2. The molecule has 3 rings (SSSR count). The highest BCUT2D eigenvalue weighted by atomic mass is 35.5. The average molecular weight is 382 g/mol. The van der Waals surface area contributed by atoms with Crippen molar-refractivity contribution < 1.29 is 9.32 Å². The number of rotatable bonds is 6. The molecular weight excluding hydrogens is 362 g/mol. The molecule has 0 unspecified atom stereocenters. The van der Waals surface area contributed by atoms with Crippen molar-refractivity contribution in [3.8, 4) is 11.4 Å². The highest BCUT2D eigenvalue weighted by Gasteiger charge is 2.20. The van der Waals surface area contributed by atoms with Gasteiger partial charge in [0, 0.05) is 12.1 Å². The highest BCUT2D eigenvalue weighted by Crippen LogP contribution is 2.21. The molecule has 0 spiro atoms. The second-order valence-electron chi connectivity index (χ2n) is 6.34. The lowest BCUT2D eigenvalue weighted by molar-refractivity contribution is 0.0745. The molecule has 3 aromatic rings. The zero-order valence-electron chi connectivity index (χ0n) is 15.3. The van der Waals surface area contributed by atoms with Gasteiger partial charge < -0.3 is 9.42 Å². The Morgan fingerprint density at radius 3 is 2.56 bits per heavy atom. The summed E-state index contributed by atoms with van der Waals surface area (Å²) < 4.78 is 5.34. The third-order valence-electron chi connectivity index (χ3n) is 4.10. The highest BCUT2D eigenvalue weighted by molar-refractivity contribution is 6.33. The number of halogens is 1. The Morgan fingerprint density at radius 2 is 1.89 bits per heavy atom. The minimum atomic E-state index is -0.213. The predicted molar refractivity (Wildman–Crippen MR) is 106 cm³/mol. The van der Waals surface area contributed by atoms with Gasteiger partial charge >= 0.3 is 0 Å². The second kappa shape index (κ2) is 8.18. The smallest absolute Gasteiger partial charge is 0.256 e. The monoisotopic (exact) mass is 381 g/mol. The van der Waals surface area contributed by atoms with Crippen molar-refractivity contribution in [3.05, 3.63) is 82.7 Å². The summed E-state index contributed by atoms with van der Waals surface area (Å²) in [5.41, 5.74) is 3.44. The minimum absolute atomic E-state index is 0.175. The number of hydrogen-bond acceptors (Lipinski definition) is 4. The summed E-state index contributed by atoms with van der Waals surface area (Å²) in [5, 5.41) is 4.43. The van der Waals surface area contributed by atoms with Gasteiger partial charge in [-0.2, -0.15) is 4.98 Å². The van der Waals surface area contributed by atoms with E-state index >= 15 is 0 Å². The van der Waals surface area contributed by atoms with Crippen LogP contribution in [0.2, 0.25) is 5.02 Å². The first kappa shape index (κ1) is 18.9. The first-order valence-corrected chi connectivity index (χ1v) is 8.91. The molecule has 1 aromatic heterocycles. The van der Waals surface area contributed by atoms with Crippen LogP contribution in [0.15, 0.2) is 59.6 Å². The van der Waals surface area contributed by atoms with E-state index in [1.807, 2.05) is 44.2 Å². The number of hydrogen-bond donors (Lipinski definition) is 0. The number of nitrogens with zero attached hydrogens (tertiary/aromatic N) is 3. The van der Waals surface area contributed by atoms with E-state index in [1.54, 1.807) is 23.1 Å². The van der Waals surface area contributed by atoms with E-state index in [2.05, 4.69) is 16.7 Å². The number of amides is 1. The molecule has 0 N–H and O–H groups in total. The summed E-state index contributed by atoms with van der Waals surface area (Å²) >= 11 is 6.24. The van der Waals surface area contributed by atoms with E-state index in [4.69, 9.17) is 16.1 Å². The van der Waals surface area contributed by atoms with Crippen LogP contribution in [-0.2, 0) is 6.54 Å². The Hall–Kier alpha value is -2.92. The summed E-state index contributed by atoms with van der Waals surface area (Å²) in [6.45, 7) is 8.17. The molecule has 0 aliphatic heterocycles. The van der Waals surface area contributed by atoms with Crippen molar-refractivity contribution in [2.45, 2.75) is 20.4 Å². The first-order valence-electron chi connectivity index (χ1n) is 8.54. The van der Waals surface area contributed by atoms with Gasteiger partial charge in [-0.05, 0) is 31.5 Å². The Morgan fingerprint density at radius 1 is 1.19 bits per heavy atom. The maximum Gasteiger partial charge on any atom is 0.256 e. The fourth-order valence-corrected chi connectivity index (χ4v) is 2.96. The van der Waals surface area contributed by atoms with Crippen molar-refractivity contribution in [1.82, 2.24) is 15.0 Å². The van der Waals surface area contributed by atoms with E-state index in [0.29, 0.717) is 28.8 Å². The molecule has 2 aromatic carbocycles. The van der Waals surface area contributed by atoms with Gasteiger partial charge in [-0.1, -0.05) is 58.7 Å². The lowest BCUT2D eigenvalue weighted by Gasteiger charge is -2.19. The molecule has 0 radical (unpaired) electrons. The van der Waals surface area contributed by atoms with Gasteiger partial charge in [-0.15, -0.1) is 6.58 Å². The van der Waals surface area contributed by atoms with E-state index in [-0.39, 0.29) is 12.5 Å². The molecule has 0 saturated heterocycles. The average Bonchev–Trinajstić information content (AvgIpc) is 3.10. The summed E-state index contributed by atoms with van der Waals surface area (Å²) in [6.07, 6.45) is 1.65. The van der Waals surface area contributed by atoms with Crippen LogP contribution in [-0.4, -0.2) is 27.5 Å². The van der Waals surface area contributed by atoms with Gasteiger partial charge in [0.25, 0.3) is 5.91 Å². The van der Waals surface area contributed by atoms with Crippen molar-refractivity contribution >= 4 is 17.5 Å². The first-order chi connectivity index (χ1) is 13.0. The van der Waals surface area contributed by atoms with E-state index in [9.17, 15) is 4.79 Å². The lowest BCUT2D eigenvalue weighted by atomic mass is 10.1. The topological polar surface area (TPSA) is 59.2 Å². The predicted octanol–water partition coefficient (Wildman–Crippen LogP) is 4.84. The van der Waals surface area contributed by atoms with Crippen LogP contribution in [0, 0.1) is 13.8 Å². The van der Waals surface area contributed by atoms with Gasteiger partial charge in [0.2, 0.25) is 11.7 Å². The Labute approximate surface area is 163 Å². The molecule has 1 heterocycles. The largest absolute Gasteiger partial charge is 0.337 e. The molecule has 0 saturated carbocycles. The number of aromatic nitrogens is 2. The maximum atomic E-state index is 12.9. The Bertz CT molecular complexity index is 964. The van der Waals surface area contributed by atoms with Crippen LogP contribution < -0.4 is 0 Å². The molecule has 1 amide bonds. The molecule has 0 aliphatic rings. The molecule has 0 aliphatic carbocycles. The summed E-state index contributed by atoms with van der Waals surface area (Å²) in [7, 11) is 0. The van der Waals surface area contributed by atoms with E-state index in [0.717, 1.165) is 16.7 Å². The zero-order valence-corrected chi connectivity index (χ0v) is 16.0. The molecule has 0 atom stereocenters. The minimum Gasteiger partial charge on any atom is -0.337 e. The normalized spacial score (nSPS) is 10.6. The number of carbonyl (C=O) groups is 1. The third-order valence-corrected chi connectivity index (χ3v) is 4.41. The standard InChI is InChI=1S/C21H20ClN3O2/c1-4-11-25(21(26)17-10-7-15(3)12-18(17)22)13-19-23-20(24-27-19)16-8-5-14(2)6-9-16/h4-10,12H,1,11,13H2,2-3H3. The zero-order chi connectivity index (χ0) is 19.4. The van der Waals surface area contributed by atoms with Crippen molar-refractivity contribution in [3.63, 3.8) is 0 Å². The van der Waals surface area contributed by atoms with Gasteiger partial charge in [0.15, 0.2) is 0 Å². The Balaban J connectivity index is 1.81. The molecule has 6 heteroatoms. The molecule has 27 heavy (non-hydrogen) atoms. The van der Waals surface area contributed by atoms with Crippen LogP contribution in [0.25, 0.3) is 11.4 Å². The van der Waals surface area contributed by atoms with Crippen LogP contribution in [0.5, 0.6) is 0 Å². The fourth-order valence-electron chi connectivity index (χ4n) is 2.64. The number of carbonyl (C=O) groups excluding carboxylic acids is 1. The molecule has 138 valence electrons. The van der Waals surface area contributed by atoms with E-state index < -0.39 is 0 Å². The second-order valence-corrected chi connectivity index (χ2v) is 6.74. The van der Waals surface area contributed by atoms with Crippen LogP contribution >= 0.6 is 11.6 Å². The summed E-state index contributed by atoms with van der Waals surface area (Å²) in [5.74, 6) is 0.628. The lowest BCUT2D eigenvalue weighted by Crippen LogP contribution is -2.31. The van der Waals surface area contributed by atoms with Crippen LogP contribution in [0.1, 0.15) is 27.4 Å². The van der Waals surface area contributed by atoms with Gasteiger partial charge in [-0.25, -0.2) is 0 Å². The molecule has 5 nitrogen and oxygen atoms in total. The summed E-state index contributed by atoms with van der Waals surface area (Å²) in [4.78, 5) is 18.9. The number of benzene rings is 2. The SMILES string of the molecule is C=CCN(Cc1nc(-c2ccc(C)cc2)no1)C(=O)c1ccc(C)cc1Cl. The quantitative estimate of drug-likeness (QED) is 0.573. The fraction of sp³-hybridized carbons (Fsp3) is 0.190. The van der Waals surface area contributed by atoms with E-state index in [1.165, 1.54) is 0 Å². The van der Waals surface area contributed by atoms with Crippen LogP contribution in [0.4, 0.5) is 0 Å². The molecular formula is C21H20ClN3O2. The summed E-state index contributed by atoms with van der Waals surface area (Å²) in [6, 6.07) is 13.2. The van der Waals surface area contributed by atoms with Gasteiger partial charge in [-0.3, -0.25) is 4.79 Å². The van der Waals surface area contributed by atoms with Crippen molar-refractivity contribution in [2.75, 3.05) is 6.54 Å². The molecule has 0 fully saturated rings. The van der Waals surface area contributed by atoms with Crippen LogP contribution in [0.3, 0.4) is 0 Å². The maximum absolute atomic E-state index is 12.9.